The third kappa shape index (κ3) is 6.96. The lowest BCUT2D eigenvalue weighted by Gasteiger charge is -2.35. The minimum atomic E-state index is -0.669. The van der Waals surface area contributed by atoms with Gasteiger partial charge in [0.2, 0.25) is 0 Å². The fraction of sp³-hybridized carbons (Fsp3) is 0.619. The largest absolute Gasteiger partial charge is 0.389 e. The smallest absolute Gasteiger partial charge is 0.253 e. The van der Waals surface area contributed by atoms with E-state index in [4.69, 9.17) is 5.41 Å². The summed E-state index contributed by atoms with van der Waals surface area (Å²) in [5, 5.41) is 24.4. The van der Waals surface area contributed by atoms with Crippen molar-refractivity contribution >= 4 is 11.6 Å². The highest BCUT2D eigenvalue weighted by Crippen LogP contribution is 2.19. The van der Waals surface area contributed by atoms with E-state index in [-0.39, 0.29) is 17.7 Å². The predicted molar refractivity (Wildman–Crippen MR) is 110 cm³/mol. The van der Waals surface area contributed by atoms with Crippen LogP contribution >= 0.6 is 0 Å². The first-order valence-electron chi connectivity index (χ1n) is 9.82. The second-order valence-corrected chi connectivity index (χ2v) is 8.48. The molecule has 1 fully saturated rings. The average molecular weight is 375 g/mol. The second kappa shape index (κ2) is 9.33. The molecule has 6 nitrogen and oxygen atoms in total. The lowest BCUT2D eigenvalue weighted by Crippen LogP contribution is -2.44. The maximum Gasteiger partial charge on any atom is 0.253 e. The summed E-state index contributed by atoms with van der Waals surface area (Å²) >= 11 is 0. The van der Waals surface area contributed by atoms with Crippen molar-refractivity contribution < 1.29 is 9.90 Å². The number of carbonyl (C=O) groups is 1. The number of nitrogens with one attached hydrogen (secondary N) is 3. The van der Waals surface area contributed by atoms with Crippen molar-refractivity contribution in [2.75, 3.05) is 26.2 Å². The van der Waals surface area contributed by atoms with E-state index >= 15 is 0 Å². The number of amides is 1. The van der Waals surface area contributed by atoms with Crippen LogP contribution in [0.5, 0.6) is 0 Å². The summed E-state index contributed by atoms with van der Waals surface area (Å²) in [5.41, 5.74) is 0.714. The SMILES string of the molecule is CC(C)N/C=C1/C=CC=C(C(=O)NCC2CCN(CC(C)(C)O)CC2)C1=N. The molecule has 0 unspecified atom stereocenters. The van der Waals surface area contributed by atoms with Gasteiger partial charge in [0.25, 0.3) is 5.91 Å². The van der Waals surface area contributed by atoms with E-state index in [1.807, 2.05) is 39.8 Å². The minimum absolute atomic E-state index is 0.182. The molecule has 6 heteroatoms. The quantitative estimate of drug-likeness (QED) is 0.549. The van der Waals surface area contributed by atoms with Gasteiger partial charge in [0.1, 0.15) is 0 Å². The van der Waals surface area contributed by atoms with Crippen molar-refractivity contribution in [2.45, 2.75) is 52.2 Å². The van der Waals surface area contributed by atoms with Crippen molar-refractivity contribution in [3.63, 3.8) is 0 Å². The average Bonchev–Trinajstić information content (AvgIpc) is 2.58. The van der Waals surface area contributed by atoms with Gasteiger partial charge in [-0.3, -0.25) is 10.2 Å². The summed E-state index contributed by atoms with van der Waals surface area (Å²) in [5.74, 6) is 0.261. The zero-order valence-electron chi connectivity index (χ0n) is 17.0. The normalized spacial score (nSPS) is 20.9. The van der Waals surface area contributed by atoms with Crippen LogP contribution in [0.2, 0.25) is 0 Å². The Hall–Kier alpha value is -1.92. The monoisotopic (exact) mass is 374 g/mol. The molecule has 1 aliphatic heterocycles. The van der Waals surface area contributed by atoms with Crippen LogP contribution in [0.15, 0.2) is 35.6 Å². The molecule has 0 aromatic heterocycles. The Morgan fingerprint density at radius 3 is 2.67 bits per heavy atom. The van der Waals surface area contributed by atoms with E-state index in [2.05, 4.69) is 15.5 Å². The number of allylic oxidation sites excluding steroid dienone is 4. The van der Waals surface area contributed by atoms with Gasteiger partial charge in [0.05, 0.1) is 16.9 Å². The number of hydrogen-bond donors (Lipinski definition) is 4. The highest BCUT2D eigenvalue weighted by Gasteiger charge is 2.25. The van der Waals surface area contributed by atoms with Crippen LogP contribution in [-0.4, -0.2) is 59.4 Å². The van der Waals surface area contributed by atoms with Crippen molar-refractivity contribution in [1.82, 2.24) is 15.5 Å². The number of rotatable bonds is 7. The molecule has 0 bridgehead atoms. The van der Waals surface area contributed by atoms with E-state index < -0.39 is 5.60 Å². The number of aliphatic hydroxyl groups is 1. The van der Waals surface area contributed by atoms with Gasteiger partial charge < -0.3 is 20.6 Å². The van der Waals surface area contributed by atoms with Crippen molar-refractivity contribution in [2.24, 2.45) is 5.92 Å². The van der Waals surface area contributed by atoms with Gasteiger partial charge in [-0.05, 0) is 65.6 Å². The molecule has 0 spiro atoms. The molecule has 2 aliphatic rings. The fourth-order valence-electron chi connectivity index (χ4n) is 3.36. The first-order chi connectivity index (χ1) is 12.7. The Morgan fingerprint density at radius 1 is 1.41 bits per heavy atom. The molecule has 1 amide bonds. The molecule has 2 rings (SSSR count). The Balaban J connectivity index is 1.81. The van der Waals surface area contributed by atoms with Gasteiger partial charge in [-0.2, -0.15) is 0 Å². The zero-order chi connectivity index (χ0) is 20.0. The molecular weight excluding hydrogens is 340 g/mol. The van der Waals surface area contributed by atoms with Crippen LogP contribution in [0.1, 0.15) is 40.5 Å². The van der Waals surface area contributed by atoms with Crippen molar-refractivity contribution in [1.29, 1.82) is 5.41 Å². The summed E-state index contributed by atoms with van der Waals surface area (Å²) in [7, 11) is 0. The molecule has 0 atom stereocenters. The molecule has 0 saturated carbocycles. The van der Waals surface area contributed by atoms with Crippen molar-refractivity contribution in [3.05, 3.63) is 35.6 Å². The van der Waals surface area contributed by atoms with Gasteiger partial charge >= 0.3 is 0 Å². The predicted octanol–water partition coefficient (Wildman–Crippen LogP) is 1.98. The number of β-amino-alcohol motifs (C(OH)–C–C–N with tert-alkyl or cyclic N) is 1. The number of nitrogens with zero attached hydrogens (tertiary/aromatic N) is 1. The van der Waals surface area contributed by atoms with Gasteiger partial charge in [0, 0.05) is 30.9 Å². The molecule has 150 valence electrons. The van der Waals surface area contributed by atoms with E-state index in [1.54, 1.807) is 12.3 Å². The van der Waals surface area contributed by atoms with Gasteiger partial charge in [0.15, 0.2) is 0 Å². The van der Waals surface area contributed by atoms with E-state index in [1.165, 1.54) is 0 Å². The highest BCUT2D eigenvalue weighted by atomic mass is 16.3. The number of likely N-dealkylation sites (tertiary alicyclic amines) is 1. The molecule has 27 heavy (non-hydrogen) atoms. The van der Waals surface area contributed by atoms with E-state index in [0.29, 0.717) is 24.6 Å². The first-order valence-corrected chi connectivity index (χ1v) is 9.82. The minimum Gasteiger partial charge on any atom is -0.389 e. The maximum absolute atomic E-state index is 12.5. The Kier molecular flexibility index (Phi) is 7.39. The zero-order valence-corrected chi connectivity index (χ0v) is 17.0. The van der Waals surface area contributed by atoms with Crippen LogP contribution in [-0.2, 0) is 4.79 Å². The molecule has 0 aromatic rings. The standard InChI is InChI=1S/C21H34N4O2/c1-15(2)23-13-17-6-5-7-18(19(17)22)20(26)24-12-16-8-10-25(11-9-16)14-21(3,4)27/h5-7,13,15-16,22-23,27H,8-12,14H2,1-4H3,(H,24,26)/b17-13-,22-19?. The molecule has 0 radical (unpaired) electrons. The molecular formula is C21H34N4O2. The van der Waals surface area contributed by atoms with Gasteiger partial charge in [-0.25, -0.2) is 0 Å². The molecule has 1 aliphatic carbocycles. The highest BCUT2D eigenvalue weighted by molar-refractivity contribution is 6.28. The summed E-state index contributed by atoms with van der Waals surface area (Å²) < 4.78 is 0. The summed E-state index contributed by atoms with van der Waals surface area (Å²) in [4.78, 5) is 14.8. The van der Waals surface area contributed by atoms with Gasteiger partial charge in [-0.1, -0.05) is 12.2 Å². The summed E-state index contributed by atoms with van der Waals surface area (Å²) in [6, 6.07) is 0.282. The lowest BCUT2D eigenvalue weighted by molar-refractivity contribution is -0.117. The fourth-order valence-corrected chi connectivity index (χ4v) is 3.36. The molecule has 4 N–H and O–H groups in total. The topological polar surface area (TPSA) is 88.5 Å². The first kappa shape index (κ1) is 21.4. The Bertz CT molecular complexity index is 633. The number of piperidine rings is 1. The molecule has 0 aromatic carbocycles. The third-order valence-corrected chi connectivity index (χ3v) is 4.78. The molecule has 1 heterocycles. The van der Waals surface area contributed by atoms with Crippen molar-refractivity contribution in [3.8, 4) is 0 Å². The molecule has 1 saturated heterocycles. The van der Waals surface area contributed by atoms with Crippen LogP contribution in [0.4, 0.5) is 0 Å². The van der Waals surface area contributed by atoms with E-state index in [0.717, 1.165) is 31.5 Å². The Labute approximate surface area is 162 Å². The van der Waals surface area contributed by atoms with E-state index in [9.17, 15) is 9.90 Å². The third-order valence-electron chi connectivity index (χ3n) is 4.78. The van der Waals surface area contributed by atoms with Gasteiger partial charge in [-0.15, -0.1) is 0 Å². The summed E-state index contributed by atoms with van der Waals surface area (Å²) in [6.07, 6.45) is 9.17. The summed E-state index contributed by atoms with van der Waals surface area (Å²) in [6.45, 7) is 10.9. The lowest BCUT2D eigenvalue weighted by atomic mass is 9.94. The number of hydrogen-bond acceptors (Lipinski definition) is 5. The van der Waals surface area contributed by atoms with Crippen LogP contribution in [0, 0.1) is 11.3 Å². The van der Waals surface area contributed by atoms with Crippen LogP contribution in [0.3, 0.4) is 0 Å². The second-order valence-electron chi connectivity index (χ2n) is 8.48. The van der Waals surface area contributed by atoms with Crippen LogP contribution in [0.25, 0.3) is 0 Å². The Morgan fingerprint density at radius 2 is 2.07 bits per heavy atom. The number of carbonyl (C=O) groups excluding carboxylic acids is 1. The maximum atomic E-state index is 12.5. The van der Waals surface area contributed by atoms with Crippen LogP contribution < -0.4 is 10.6 Å².